The van der Waals surface area contributed by atoms with Gasteiger partial charge < -0.3 is 9.64 Å². The summed E-state index contributed by atoms with van der Waals surface area (Å²) in [5, 5.41) is 0.548. The molecule has 4 rings (SSSR count). The summed E-state index contributed by atoms with van der Waals surface area (Å²) in [6.07, 6.45) is 4.96. The lowest BCUT2D eigenvalue weighted by Crippen LogP contribution is -2.42. The maximum absolute atomic E-state index is 12.7. The summed E-state index contributed by atoms with van der Waals surface area (Å²) in [7, 11) is 3.19. The molecule has 3 amide bonds. The molecule has 1 aromatic carbocycles. The number of allylic oxidation sites excluding steroid dienone is 2. The van der Waals surface area contributed by atoms with E-state index in [-0.39, 0.29) is 54.5 Å². The van der Waals surface area contributed by atoms with Crippen LogP contribution in [0.2, 0.25) is 5.02 Å². The fourth-order valence-corrected chi connectivity index (χ4v) is 4.78. The lowest BCUT2D eigenvalue weighted by Gasteiger charge is -2.23. The first-order valence-corrected chi connectivity index (χ1v) is 9.38. The van der Waals surface area contributed by atoms with Gasteiger partial charge in [-0.15, -0.1) is 0 Å². The predicted octanol–water partition coefficient (Wildman–Crippen LogP) is 2.11. The standard InChI is InChI=1S/C20H21ClN2O4/c1-22(9-13-8-14(21)5-6-15(13)27-2)16(24)10-23-19(25)17-11-3-4-12(7-11)18(17)20(23)26/h3-6,8,11-12,17-18H,7,9-10H2,1-2H3. The Morgan fingerprint density at radius 1 is 1.22 bits per heavy atom. The molecule has 1 saturated carbocycles. The second-order valence-corrected chi connectivity index (χ2v) is 7.90. The van der Waals surface area contributed by atoms with Gasteiger partial charge in [0, 0.05) is 24.2 Å². The molecule has 1 aromatic rings. The van der Waals surface area contributed by atoms with E-state index in [1.54, 1.807) is 32.4 Å². The molecule has 2 fully saturated rings. The van der Waals surface area contributed by atoms with Gasteiger partial charge in [0.2, 0.25) is 17.7 Å². The Kier molecular flexibility index (Phi) is 4.46. The first kappa shape index (κ1) is 18.0. The van der Waals surface area contributed by atoms with Gasteiger partial charge in [-0.3, -0.25) is 19.3 Å². The fraction of sp³-hybridized carbons (Fsp3) is 0.450. The lowest BCUT2D eigenvalue weighted by molar-refractivity contribution is -0.146. The maximum Gasteiger partial charge on any atom is 0.242 e. The van der Waals surface area contributed by atoms with Gasteiger partial charge in [0.25, 0.3) is 0 Å². The summed E-state index contributed by atoms with van der Waals surface area (Å²) in [6, 6.07) is 5.20. The molecule has 142 valence electrons. The van der Waals surface area contributed by atoms with Gasteiger partial charge in [0.1, 0.15) is 12.3 Å². The van der Waals surface area contributed by atoms with E-state index in [0.29, 0.717) is 10.8 Å². The maximum atomic E-state index is 12.7. The van der Waals surface area contributed by atoms with E-state index in [9.17, 15) is 14.4 Å². The van der Waals surface area contributed by atoms with E-state index in [4.69, 9.17) is 16.3 Å². The molecule has 4 unspecified atom stereocenters. The SMILES string of the molecule is COc1ccc(Cl)cc1CN(C)C(=O)CN1C(=O)C2C3C=CC(C3)C2C1=O. The average Bonchev–Trinajstić information content (AvgIpc) is 3.32. The highest BCUT2D eigenvalue weighted by atomic mass is 35.5. The first-order chi connectivity index (χ1) is 12.9. The zero-order valence-corrected chi connectivity index (χ0v) is 16.0. The number of carbonyl (C=O) groups excluding carboxylic acids is 3. The Hall–Kier alpha value is -2.34. The molecule has 7 heteroatoms. The van der Waals surface area contributed by atoms with Crippen LogP contribution in [-0.2, 0) is 20.9 Å². The third-order valence-corrected chi connectivity index (χ3v) is 6.17. The Labute approximate surface area is 162 Å². The zero-order valence-electron chi connectivity index (χ0n) is 15.2. The van der Waals surface area contributed by atoms with Gasteiger partial charge in [-0.1, -0.05) is 23.8 Å². The van der Waals surface area contributed by atoms with Crippen LogP contribution in [-0.4, -0.2) is 48.2 Å². The number of ether oxygens (including phenoxy) is 1. The average molecular weight is 389 g/mol. The van der Waals surface area contributed by atoms with Gasteiger partial charge in [-0.05, 0) is 36.5 Å². The van der Waals surface area contributed by atoms with Crippen molar-refractivity contribution in [1.82, 2.24) is 9.80 Å². The molecule has 3 aliphatic rings. The molecule has 0 N–H and O–H groups in total. The van der Waals surface area contributed by atoms with E-state index < -0.39 is 0 Å². The highest BCUT2D eigenvalue weighted by Gasteiger charge is 2.59. The quantitative estimate of drug-likeness (QED) is 0.572. The second-order valence-electron chi connectivity index (χ2n) is 7.47. The molecular formula is C20H21ClN2O4. The second kappa shape index (κ2) is 6.68. The van der Waals surface area contributed by atoms with E-state index in [2.05, 4.69) is 0 Å². The van der Waals surface area contributed by atoms with Gasteiger partial charge in [-0.25, -0.2) is 0 Å². The Morgan fingerprint density at radius 2 is 1.85 bits per heavy atom. The summed E-state index contributed by atoms with van der Waals surface area (Å²) in [6.45, 7) is 0.0575. The van der Waals surface area contributed by atoms with E-state index in [1.165, 1.54) is 4.90 Å². The number of likely N-dealkylation sites (N-methyl/N-ethyl adjacent to an activating group) is 1. The summed E-state index contributed by atoms with van der Waals surface area (Å²) >= 11 is 6.04. The largest absolute Gasteiger partial charge is 0.496 e. The Balaban J connectivity index is 1.44. The van der Waals surface area contributed by atoms with Crippen molar-refractivity contribution < 1.29 is 19.1 Å². The highest BCUT2D eigenvalue weighted by Crippen LogP contribution is 2.52. The molecule has 27 heavy (non-hydrogen) atoms. The molecule has 0 spiro atoms. The predicted molar refractivity (Wildman–Crippen MR) is 98.9 cm³/mol. The fourth-order valence-electron chi connectivity index (χ4n) is 4.59. The number of methoxy groups -OCH3 is 1. The third-order valence-electron chi connectivity index (χ3n) is 5.93. The van der Waals surface area contributed by atoms with Crippen LogP contribution < -0.4 is 4.74 Å². The Morgan fingerprint density at radius 3 is 2.44 bits per heavy atom. The summed E-state index contributed by atoms with van der Waals surface area (Å²) in [5.41, 5.74) is 0.763. The number of fused-ring (bicyclic) bond motifs is 5. The molecular weight excluding hydrogens is 368 g/mol. The summed E-state index contributed by atoms with van der Waals surface area (Å²) in [5.74, 6) is -0.344. The van der Waals surface area contributed by atoms with Crippen LogP contribution >= 0.6 is 11.6 Å². The van der Waals surface area contributed by atoms with Crippen molar-refractivity contribution in [1.29, 1.82) is 0 Å². The van der Waals surface area contributed by atoms with Crippen molar-refractivity contribution in [2.24, 2.45) is 23.7 Å². The normalized spacial score (nSPS) is 28.0. The van der Waals surface area contributed by atoms with Crippen LogP contribution in [0, 0.1) is 23.7 Å². The molecule has 4 atom stereocenters. The number of rotatable bonds is 5. The number of likely N-dealkylation sites (tertiary alicyclic amines) is 1. The topological polar surface area (TPSA) is 66.9 Å². The number of hydrogen-bond donors (Lipinski definition) is 0. The number of halogens is 1. The van der Waals surface area contributed by atoms with E-state index in [0.717, 1.165) is 16.9 Å². The number of carbonyl (C=O) groups is 3. The van der Waals surface area contributed by atoms with Gasteiger partial charge in [-0.2, -0.15) is 0 Å². The van der Waals surface area contributed by atoms with Crippen LogP contribution in [0.1, 0.15) is 12.0 Å². The molecule has 6 nitrogen and oxygen atoms in total. The molecule has 1 saturated heterocycles. The number of nitrogens with zero attached hydrogens (tertiary/aromatic N) is 2. The van der Waals surface area contributed by atoms with Crippen molar-refractivity contribution in [3.05, 3.63) is 40.9 Å². The van der Waals surface area contributed by atoms with Gasteiger partial charge >= 0.3 is 0 Å². The lowest BCUT2D eigenvalue weighted by atomic mass is 9.85. The van der Waals surface area contributed by atoms with Crippen LogP contribution in [0.25, 0.3) is 0 Å². The van der Waals surface area contributed by atoms with Crippen molar-refractivity contribution in [2.75, 3.05) is 20.7 Å². The van der Waals surface area contributed by atoms with Crippen molar-refractivity contribution in [3.8, 4) is 5.75 Å². The molecule has 0 radical (unpaired) electrons. The summed E-state index contributed by atoms with van der Waals surface area (Å²) < 4.78 is 5.31. The minimum atomic E-state index is -0.293. The molecule has 2 bridgehead atoms. The van der Waals surface area contributed by atoms with E-state index in [1.807, 2.05) is 12.2 Å². The first-order valence-electron chi connectivity index (χ1n) is 9.00. The van der Waals surface area contributed by atoms with Crippen LogP contribution in [0.4, 0.5) is 0 Å². The number of benzene rings is 1. The third kappa shape index (κ3) is 2.92. The molecule has 0 aromatic heterocycles. The minimum Gasteiger partial charge on any atom is -0.496 e. The number of amides is 3. The van der Waals surface area contributed by atoms with Crippen molar-refractivity contribution in [2.45, 2.75) is 13.0 Å². The van der Waals surface area contributed by atoms with Crippen molar-refractivity contribution in [3.63, 3.8) is 0 Å². The number of imide groups is 1. The molecule has 1 aliphatic heterocycles. The van der Waals surface area contributed by atoms with Gasteiger partial charge in [0.05, 0.1) is 18.9 Å². The smallest absolute Gasteiger partial charge is 0.242 e. The van der Waals surface area contributed by atoms with Crippen LogP contribution in [0.3, 0.4) is 0 Å². The molecule has 2 aliphatic carbocycles. The number of hydrogen-bond acceptors (Lipinski definition) is 4. The van der Waals surface area contributed by atoms with Crippen LogP contribution in [0.5, 0.6) is 5.75 Å². The zero-order chi connectivity index (χ0) is 19.3. The highest BCUT2D eigenvalue weighted by molar-refractivity contribution is 6.30. The van der Waals surface area contributed by atoms with Crippen LogP contribution in [0.15, 0.2) is 30.4 Å². The molecule has 1 heterocycles. The minimum absolute atomic E-state index is 0.144. The monoisotopic (exact) mass is 388 g/mol. The van der Waals surface area contributed by atoms with Crippen molar-refractivity contribution >= 4 is 29.3 Å². The Bertz CT molecular complexity index is 822. The van der Waals surface area contributed by atoms with E-state index >= 15 is 0 Å². The van der Waals surface area contributed by atoms with Gasteiger partial charge in [0.15, 0.2) is 0 Å². The summed E-state index contributed by atoms with van der Waals surface area (Å²) in [4.78, 5) is 40.7.